The summed E-state index contributed by atoms with van der Waals surface area (Å²) in [6, 6.07) is 9.35. The fraction of sp³-hybridized carbons (Fsp3) is 0.467. The van der Waals surface area contributed by atoms with Crippen LogP contribution in [0.15, 0.2) is 30.3 Å². The van der Waals surface area contributed by atoms with Crippen LogP contribution in [0.4, 0.5) is 5.69 Å². The zero-order valence-corrected chi connectivity index (χ0v) is 12.1. The van der Waals surface area contributed by atoms with Gasteiger partial charge in [0.2, 0.25) is 5.91 Å². The first-order chi connectivity index (χ1) is 9.61. The van der Waals surface area contributed by atoms with Gasteiger partial charge in [-0.1, -0.05) is 18.2 Å². The summed E-state index contributed by atoms with van der Waals surface area (Å²) in [5, 5.41) is 2.83. The molecule has 20 heavy (non-hydrogen) atoms. The van der Waals surface area contributed by atoms with Gasteiger partial charge in [0.1, 0.15) is 0 Å². The van der Waals surface area contributed by atoms with Gasteiger partial charge < -0.3 is 15.0 Å². The van der Waals surface area contributed by atoms with Gasteiger partial charge in [-0.15, -0.1) is 0 Å². The van der Waals surface area contributed by atoms with E-state index >= 15 is 0 Å². The predicted octanol–water partition coefficient (Wildman–Crippen LogP) is 1.90. The molecule has 0 atom stereocenters. The van der Waals surface area contributed by atoms with Gasteiger partial charge in [0, 0.05) is 25.2 Å². The molecule has 0 saturated carbocycles. The van der Waals surface area contributed by atoms with Crippen molar-refractivity contribution in [2.24, 2.45) is 0 Å². The zero-order chi connectivity index (χ0) is 14.8. The molecule has 1 aromatic rings. The molecule has 0 saturated heterocycles. The lowest BCUT2D eigenvalue weighted by Gasteiger charge is -2.15. The lowest BCUT2D eigenvalue weighted by Crippen LogP contribution is -2.26. The zero-order valence-electron chi connectivity index (χ0n) is 12.1. The maximum atomic E-state index is 11.7. The molecule has 0 aliphatic carbocycles. The van der Waals surface area contributed by atoms with Gasteiger partial charge in [-0.2, -0.15) is 0 Å². The minimum absolute atomic E-state index is 0.0285. The van der Waals surface area contributed by atoms with Crippen molar-refractivity contribution in [2.75, 3.05) is 32.1 Å². The third-order valence-electron chi connectivity index (χ3n) is 2.78. The van der Waals surface area contributed by atoms with Crippen molar-refractivity contribution in [3.63, 3.8) is 0 Å². The number of amides is 1. The molecule has 0 aliphatic heterocycles. The first kappa shape index (κ1) is 16.2. The summed E-state index contributed by atoms with van der Waals surface area (Å²) < 4.78 is 4.85. The number of ether oxygens (including phenoxy) is 1. The maximum absolute atomic E-state index is 11.7. The molecule has 1 amide bonds. The van der Waals surface area contributed by atoms with Crippen LogP contribution in [0.1, 0.15) is 19.8 Å². The quantitative estimate of drug-likeness (QED) is 0.738. The van der Waals surface area contributed by atoms with Crippen LogP contribution in [-0.2, 0) is 14.3 Å². The fourth-order valence-corrected chi connectivity index (χ4v) is 1.66. The second-order valence-electron chi connectivity index (χ2n) is 4.52. The third-order valence-corrected chi connectivity index (χ3v) is 2.78. The molecular weight excluding hydrogens is 256 g/mol. The van der Waals surface area contributed by atoms with Crippen molar-refractivity contribution < 1.29 is 14.3 Å². The van der Waals surface area contributed by atoms with Crippen LogP contribution in [-0.4, -0.2) is 43.5 Å². The van der Waals surface area contributed by atoms with E-state index in [1.807, 2.05) is 42.3 Å². The number of rotatable bonds is 8. The predicted molar refractivity (Wildman–Crippen MR) is 78.4 cm³/mol. The largest absolute Gasteiger partial charge is 0.466 e. The first-order valence-electron chi connectivity index (χ1n) is 6.81. The van der Waals surface area contributed by atoms with E-state index in [1.54, 1.807) is 6.92 Å². The van der Waals surface area contributed by atoms with Crippen molar-refractivity contribution in [3.05, 3.63) is 30.3 Å². The van der Waals surface area contributed by atoms with Crippen molar-refractivity contribution in [1.82, 2.24) is 4.90 Å². The molecule has 0 unspecified atom stereocenters. The van der Waals surface area contributed by atoms with E-state index in [4.69, 9.17) is 4.74 Å². The number of anilines is 1. The molecule has 5 nitrogen and oxygen atoms in total. The lowest BCUT2D eigenvalue weighted by atomic mass is 10.3. The number of carbonyl (C=O) groups excluding carboxylic acids is 2. The van der Waals surface area contributed by atoms with Crippen LogP contribution in [0.5, 0.6) is 0 Å². The third kappa shape index (κ3) is 6.89. The highest BCUT2D eigenvalue weighted by molar-refractivity contribution is 5.90. The molecule has 0 aromatic heterocycles. The molecule has 0 radical (unpaired) electrons. The Morgan fingerprint density at radius 3 is 2.45 bits per heavy atom. The normalized spacial score (nSPS) is 10.3. The average molecular weight is 278 g/mol. The summed E-state index contributed by atoms with van der Waals surface area (Å²) in [6.07, 6.45) is 0.749. The molecule has 0 aliphatic rings. The summed E-state index contributed by atoms with van der Waals surface area (Å²) >= 11 is 0. The Morgan fingerprint density at radius 1 is 1.15 bits per heavy atom. The summed E-state index contributed by atoms with van der Waals surface area (Å²) in [5.41, 5.74) is 0.798. The van der Waals surface area contributed by atoms with Crippen LogP contribution < -0.4 is 5.32 Å². The molecule has 1 aromatic carbocycles. The van der Waals surface area contributed by atoms with E-state index in [2.05, 4.69) is 5.32 Å². The van der Waals surface area contributed by atoms with Gasteiger partial charge in [-0.3, -0.25) is 9.59 Å². The monoisotopic (exact) mass is 278 g/mol. The number of esters is 1. The van der Waals surface area contributed by atoms with Crippen molar-refractivity contribution in [3.8, 4) is 0 Å². The van der Waals surface area contributed by atoms with Crippen LogP contribution >= 0.6 is 0 Å². The van der Waals surface area contributed by atoms with E-state index < -0.39 is 0 Å². The van der Waals surface area contributed by atoms with Gasteiger partial charge in [0.25, 0.3) is 0 Å². The van der Waals surface area contributed by atoms with Gasteiger partial charge in [0.15, 0.2) is 0 Å². The van der Waals surface area contributed by atoms with Crippen LogP contribution in [0.3, 0.4) is 0 Å². The molecule has 0 fully saturated rings. The Balaban J connectivity index is 2.18. The summed E-state index contributed by atoms with van der Waals surface area (Å²) in [7, 11) is 1.88. The van der Waals surface area contributed by atoms with E-state index in [0.717, 1.165) is 5.69 Å². The molecule has 0 spiro atoms. The highest BCUT2D eigenvalue weighted by atomic mass is 16.5. The Morgan fingerprint density at radius 2 is 1.80 bits per heavy atom. The molecule has 0 bridgehead atoms. The number of nitrogens with one attached hydrogen (secondary N) is 1. The number of carbonyl (C=O) groups is 2. The van der Waals surface area contributed by atoms with Crippen molar-refractivity contribution >= 4 is 17.6 Å². The Hall–Kier alpha value is -1.88. The van der Waals surface area contributed by atoms with Crippen LogP contribution in [0, 0.1) is 0 Å². The minimum Gasteiger partial charge on any atom is -0.466 e. The second-order valence-corrected chi connectivity index (χ2v) is 4.52. The number of nitrogens with zero attached hydrogens (tertiary/aromatic N) is 1. The smallest absolute Gasteiger partial charge is 0.307 e. The Kier molecular flexibility index (Phi) is 7.35. The molecule has 110 valence electrons. The molecular formula is C15H22N2O3. The van der Waals surface area contributed by atoms with E-state index in [0.29, 0.717) is 32.5 Å². The molecule has 0 heterocycles. The first-order valence-corrected chi connectivity index (χ1v) is 6.81. The standard InChI is InChI=1S/C15H22N2O3/c1-3-20-15(19)10-12-17(2)11-9-14(18)16-13-7-5-4-6-8-13/h4-8H,3,9-12H2,1-2H3,(H,16,18). The number of hydrogen-bond acceptors (Lipinski definition) is 4. The minimum atomic E-state index is -0.201. The van der Waals surface area contributed by atoms with Crippen molar-refractivity contribution in [1.29, 1.82) is 0 Å². The van der Waals surface area contributed by atoms with E-state index in [-0.39, 0.29) is 11.9 Å². The van der Waals surface area contributed by atoms with Crippen LogP contribution in [0.2, 0.25) is 0 Å². The van der Waals surface area contributed by atoms with Crippen LogP contribution in [0.25, 0.3) is 0 Å². The van der Waals surface area contributed by atoms with Gasteiger partial charge >= 0.3 is 5.97 Å². The fourth-order valence-electron chi connectivity index (χ4n) is 1.66. The summed E-state index contributed by atoms with van der Waals surface area (Å²) in [4.78, 5) is 24.9. The van der Waals surface area contributed by atoms with Crippen molar-refractivity contribution in [2.45, 2.75) is 19.8 Å². The topological polar surface area (TPSA) is 58.6 Å². The SMILES string of the molecule is CCOC(=O)CCN(C)CCC(=O)Nc1ccccc1. The Labute approximate surface area is 119 Å². The second kappa shape index (κ2) is 9.09. The Bertz CT molecular complexity index is 420. The lowest BCUT2D eigenvalue weighted by molar-refractivity contribution is -0.143. The molecule has 1 N–H and O–H groups in total. The van der Waals surface area contributed by atoms with Gasteiger partial charge in [0.05, 0.1) is 13.0 Å². The highest BCUT2D eigenvalue weighted by Gasteiger charge is 2.07. The number of hydrogen-bond donors (Lipinski definition) is 1. The van der Waals surface area contributed by atoms with E-state index in [1.165, 1.54) is 0 Å². The van der Waals surface area contributed by atoms with E-state index in [9.17, 15) is 9.59 Å². The number of benzene rings is 1. The maximum Gasteiger partial charge on any atom is 0.307 e. The molecule has 5 heteroatoms. The molecule has 1 rings (SSSR count). The average Bonchev–Trinajstić information content (AvgIpc) is 2.44. The number of para-hydroxylation sites is 1. The summed E-state index contributed by atoms with van der Waals surface area (Å²) in [5.74, 6) is -0.229. The van der Waals surface area contributed by atoms with Gasteiger partial charge in [-0.05, 0) is 26.1 Å². The highest BCUT2D eigenvalue weighted by Crippen LogP contribution is 2.05. The van der Waals surface area contributed by atoms with Gasteiger partial charge in [-0.25, -0.2) is 0 Å². The summed E-state index contributed by atoms with van der Waals surface area (Å²) in [6.45, 7) is 3.40.